The molecule has 0 saturated carbocycles. The number of halogens is 1. The van der Waals surface area contributed by atoms with Crippen molar-refractivity contribution < 1.29 is 19.4 Å². The van der Waals surface area contributed by atoms with Crippen LogP contribution in [0.3, 0.4) is 0 Å². The number of rotatable bonds is 10. The van der Waals surface area contributed by atoms with E-state index in [4.69, 9.17) is 16.3 Å². The van der Waals surface area contributed by atoms with Crippen LogP contribution in [0.4, 0.5) is 0 Å². The summed E-state index contributed by atoms with van der Waals surface area (Å²) in [7, 11) is 0. The standard InChI is InChI=1S/C31H33ClN2O4/c1-4-33(5-2)16-17-34-28(24-10-7-11-25(32)19-24)27(30(36)31(34)37)29(35)23-12-14-26(15-13-23)38-20-22-9-6-8-21(3)18-22/h6-15,18-19,28,35H,4-5,16-17,20H2,1-3H3. The first kappa shape index (κ1) is 27.4. The Hall–Kier alpha value is -3.61. The summed E-state index contributed by atoms with van der Waals surface area (Å²) in [5.74, 6) is -0.911. The minimum atomic E-state index is -0.735. The van der Waals surface area contributed by atoms with Crippen molar-refractivity contribution in [3.8, 4) is 5.75 Å². The van der Waals surface area contributed by atoms with Crippen molar-refractivity contribution in [2.24, 2.45) is 0 Å². The molecule has 1 heterocycles. The molecule has 0 spiro atoms. The number of Topliss-reactive ketones (excluding diaryl/α,β-unsaturated/α-hetero) is 1. The van der Waals surface area contributed by atoms with Gasteiger partial charge in [0.25, 0.3) is 11.7 Å². The van der Waals surface area contributed by atoms with Crippen LogP contribution in [0.5, 0.6) is 5.75 Å². The fraction of sp³-hybridized carbons (Fsp3) is 0.290. The van der Waals surface area contributed by atoms with E-state index in [-0.39, 0.29) is 11.3 Å². The molecule has 1 aliphatic heterocycles. The lowest BCUT2D eigenvalue weighted by Gasteiger charge is -2.28. The summed E-state index contributed by atoms with van der Waals surface area (Å²) in [4.78, 5) is 30.1. The van der Waals surface area contributed by atoms with Crippen molar-refractivity contribution in [3.63, 3.8) is 0 Å². The summed E-state index contributed by atoms with van der Waals surface area (Å²) < 4.78 is 5.90. The van der Waals surface area contributed by atoms with E-state index in [9.17, 15) is 14.7 Å². The van der Waals surface area contributed by atoms with Gasteiger partial charge in [-0.15, -0.1) is 0 Å². The summed E-state index contributed by atoms with van der Waals surface area (Å²) in [6.45, 7) is 9.20. The lowest BCUT2D eigenvalue weighted by atomic mass is 9.95. The molecule has 0 radical (unpaired) electrons. The predicted molar refractivity (Wildman–Crippen MR) is 150 cm³/mol. The number of likely N-dealkylation sites (tertiary alicyclic amines) is 1. The largest absolute Gasteiger partial charge is 0.507 e. The molecule has 7 heteroatoms. The number of benzene rings is 3. The maximum Gasteiger partial charge on any atom is 0.295 e. The van der Waals surface area contributed by atoms with Crippen molar-refractivity contribution >= 4 is 29.1 Å². The van der Waals surface area contributed by atoms with Crippen LogP contribution >= 0.6 is 11.6 Å². The Balaban J connectivity index is 1.64. The molecule has 1 aliphatic rings. The first-order valence-corrected chi connectivity index (χ1v) is 13.2. The molecule has 1 N–H and O–H groups in total. The number of carbonyl (C=O) groups is 2. The molecule has 0 aromatic heterocycles. The van der Waals surface area contributed by atoms with Gasteiger partial charge in [-0.2, -0.15) is 0 Å². The van der Waals surface area contributed by atoms with Crippen LogP contribution in [0.15, 0.2) is 78.4 Å². The molecule has 4 rings (SSSR count). The van der Waals surface area contributed by atoms with Crippen LogP contribution in [0.2, 0.25) is 5.02 Å². The number of carbonyl (C=O) groups excluding carboxylic acids is 2. The molecular weight excluding hydrogens is 500 g/mol. The fourth-order valence-corrected chi connectivity index (χ4v) is 4.95. The van der Waals surface area contributed by atoms with E-state index < -0.39 is 17.7 Å². The van der Waals surface area contributed by atoms with Crippen LogP contribution in [0.1, 0.15) is 42.1 Å². The van der Waals surface area contributed by atoms with Gasteiger partial charge in [-0.05, 0) is 67.5 Å². The Bertz CT molecular complexity index is 1330. The number of hydrogen-bond acceptors (Lipinski definition) is 5. The second-order valence-electron chi connectivity index (χ2n) is 9.38. The normalized spacial score (nSPS) is 16.9. The fourth-order valence-electron chi connectivity index (χ4n) is 4.76. The zero-order valence-electron chi connectivity index (χ0n) is 22.0. The number of aliphatic hydroxyl groups excluding tert-OH is 1. The first-order valence-electron chi connectivity index (χ1n) is 12.9. The third-order valence-electron chi connectivity index (χ3n) is 6.87. The Morgan fingerprint density at radius 1 is 1.00 bits per heavy atom. The summed E-state index contributed by atoms with van der Waals surface area (Å²) in [5, 5.41) is 11.8. The van der Waals surface area contributed by atoms with Gasteiger partial charge < -0.3 is 19.6 Å². The second kappa shape index (κ2) is 12.3. The van der Waals surface area contributed by atoms with Gasteiger partial charge in [-0.25, -0.2) is 0 Å². The van der Waals surface area contributed by atoms with E-state index in [0.29, 0.717) is 41.6 Å². The Kier molecular flexibility index (Phi) is 8.87. The smallest absolute Gasteiger partial charge is 0.295 e. The molecule has 1 atom stereocenters. The number of ketones is 1. The second-order valence-corrected chi connectivity index (χ2v) is 9.81. The summed E-state index contributed by atoms with van der Waals surface area (Å²) >= 11 is 6.27. The van der Waals surface area contributed by atoms with Crippen molar-refractivity contribution in [1.29, 1.82) is 0 Å². The Morgan fingerprint density at radius 3 is 2.37 bits per heavy atom. The summed E-state index contributed by atoms with van der Waals surface area (Å²) in [6, 6.07) is 21.3. The number of ether oxygens (including phenoxy) is 1. The Labute approximate surface area is 229 Å². The molecular formula is C31H33ClN2O4. The lowest BCUT2D eigenvalue weighted by molar-refractivity contribution is -0.140. The molecule has 1 fully saturated rings. The van der Waals surface area contributed by atoms with E-state index in [1.54, 1.807) is 42.5 Å². The molecule has 1 unspecified atom stereocenters. The molecule has 3 aromatic carbocycles. The molecule has 198 valence electrons. The van der Waals surface area contributed by atoms with Crippen LogP contribution in [0.25, 0.3) is 5.76 Å². The minimum Gasteiger partial charge on any atom is -0.507 e. The van der Waals surface area contributed by atoms with Crippen LogP contribution < -0.4 is 4.74 Å². The average Bonchev–Trinajstić information content (AvgIpc) is 3.17. The van der Waals surface area contributed by atoms with Crippen LogP contribution in [0, 0.1) is 6.92 Å². The molecule has 3 aromatic rings. The predicted octanol–water partition coefficient (Wildman–Crippen LogP) is 5.99. The average molecular weight is 533 g/mol. The minimum absolute atomic E-state index is 0.0604. The number of hydrogen-bond donors (Lipinski definition) is 1. The highest BCUT2D eigenvalue weighted by Gasteiger charge is 2.46. The van der Waals surface area contributed by atoms with Gasteiger partial charge in [0.15, 0.2) is 0 Å². The highest BCUT2D eigenvalue weighted by atomic mass is 35.5. The van der Waals surface area contributed by atoms with Gasteiger partial charge in [0.2, 0.25) is 0 Å². The van der Waals surface area contributed by atoms with E-state index in [1.807, 2.05) is 31.2 Å². The van der Waals surface area contributed by atoms with Crippen molar-refractivity contribution in [3.05, 3.63) is 106 Å². The summed E-state index contributed by atoms with van der Waals surface area (Å²) in [6.07, 6.45) is 0. The van der Waals surface area contributed by atoms with E-state index in [2.05, 4.69) is 24.8 Å². The molecule has 0 aliphatic carbocycles. The van der Waals surface area contributed by atoms with Crippen LogP contribution in [-0.2, 0) is 16.2 Å². The van der Waals surface area contributed by atoms with Crippen molar-refractivity contribution in [2.75, 3.05) is 26.2 Å². The molecule has 0 bridgehead atoms. The summed E-state index contributed by atoms with van der Waals surface area (Å²) in [5.41, 5.74) is 3.39. The van der Waals surface area contributed by atoms with E-state index in [1.165, 1.54) is 4.90 Å². The quantitative estimate of drug-likeness (QED) is 0.197. The molecule has 6 nitrogen and oxygen atoms in total. The first-order chi connectivity index (χ1) is 18.3. The van der Waals surface area contributed by atoms with Gasteiger partial charge >= 0.3 is 0 Å². The van der Waals surface area contributed by atoms with Gasteiger partial charge in [0, 0.05) is 23.7 Å². The maximum absolute atomic E-state index is 13.3. The number of aliphatic hydroxyl groups is 1. The Morgan fingerprint density at radius 2 is 1.71 bits per heavy atom. The number of nitrogens with zero attached hydrogens (tertiary/aromatic N) is 2. The number of likely N-dealkylation sites (N-methyl/N-ethyl adjacent to an activating group) is 1. The maximum atomic E-state index is 13.3. The highest BCUT2D eigenvalue weighted by molar-refractivity contribution is 6.46. The van der Waals surface area contributed by atoms with Gasteiger partial charge in [0.1, 0.15) is 18.1 Å². The van der Waals surface area contributed by atoms with Gasteiger partial charge in [-0.3, -0.25) is 9.59 Å². The molecule has 38 heavy (non-hydrogen) atoms. The zero-order valence-corrected chi connectivity index (χ0v) is 22.7. The zero-order chi connectivity index (χ0) is 27.2. The third kappa shape index (κ3) is 6.09. The SMILES string of the molecule is CCN(CC)CCN1C(=O)C(=O)C(=C(O)c2ccc(OCc3cccc(C)c3)cc2)C1c1cccc(Cl)c1. The lowest BCUT2D eigenvalue weighted by Crippen LogP contribution is -2.38. The van der Waals surface area contributed by atoms with Gasteiger partial charge in [0.05, 0.1) is 11.6 Å². The number of aryl methyl sites for hydroxylation is 1. The molecule has 1 saturated heterocycles. The molecule has 1 amide bonds. The third-order valence-corrected chi connectivity index (χ3v) is 7.11. The van der Waals surface area contributed by atoms with Gasteiger partial charge in [-0.1, -0.05) is 67.4 Å². The monoisotopic (exact) mass is 532 g/mol. The van der Waals surface area contributed by atoms with E-state index >= 15 is 0 Å². The van der Waals surface area contributed by atoms with E-state index in [0.717, 1.165) is 24.2 Å². The van der Waals surface area contributed by atoms with Crippen LogP contribution in [-0.4, -0.2) is 52.8 Å². The highest BCUT2D eigenvalue weighted by Crippen LogP contribution is 2.40. The number of amides is 1. The van der Waals surface area contributed by atoms with Crippen molar-refractivity contribution in [1.82, 2.24) is 9.80 Å². The van der Waals surface area contributed by atoms with Crippen molar-refractivity contribution in [2.45, 2.75) is 33.4 Å². The topological polar surface area (TPSA) is 70.1 Å².